The lowest BCUT2D eigenvalue weighted by atomic mass is 9.95. The summed E-state index contributed by atoms with van der Waals surface area (Å²) >= 11 is 1.90. The number of ether oxygens (including phenoxy) is 4. The van der Waals surface area contributed by atoms with Gasteiger partial charge in [0.15, 0.2) is 0 Å². The normalized spacial score (nSPS) is 18.4. The highest BCUT2D eigenvalue weighted by atomic mass is 32.2. The van der Waals surface area contributed by atoms with Crippen LogP contribution >= 0.6 is 11.8 Å². The van der Waals surface area contributed by atoms with E-state index < -0.39 is 0 Å². The summed E-state index contributed by atoms with van der Waals surface area (Å²) in [6, 6.07) is 0.218. The van der Waals surface area contributed by atoms with Crippen LogP contribution in [0.5, 0.6) is 0 Å². The van der Waals surface area contributed by atoms with E-state index in [0.717, 1.165) is 25.7 Å². The Morgan fingerprint density at radius 3 is 2.00 bits per heavy atom. The van der Waals surface area contributed by atoms with Gasteiger partial charge in [-0.25, -0.2) is 4.79 Å². The van der Waals surface area contributed by atoms with E-state index in [0.29, 0.717) is 51.4 Å². The highest BCUT2D eigenvalue weighted by Gasteiger charge is 2.22. The summed E-state index contributed by atoms with van der Waals surface area (Å²) in [7, 11) is 0. The van der Waals surface area contributed by atoms with E-state index in [4.69, 9.17) is 18.9 Å². The topological polar surface area (TPSA) is 112 Å². The van der Waals surface area contributed by atoms with Gasteiger partial charge in [-0.1, -0.05) is 0 Å². The maximum absolute atomic E-state index is 11.8. The number of thioether (sulfide) groups is 1. The number of nitrogens with one attached hydrogen (secondary N) is 2. The van der Waals surface area contributed by atoms with Gasteiger partial charge in [-0.3, -0.25) is 4.79 Å². The molecular formula is C21H38N2O7S. The molecule has 1 aliphatic rings. The summed E-state index contributed by atoms with van der Waals surface area (Å²) in [4.78, 5) is 33.9. The molecule has 1 rings (SSSR count). The summed E-state index contributed by atoms with van der Waals surface area (Å²) in [5, 5.41) is 6.32. The predicted molar refractivity (Wildman–Crippen MR) is 119 cm³/mol. The number of rotatable bonds is 17. The summed E-state index contributed by atoms with van der Waals surface area (Å²) in [6.45, 7) is 4.50. The van der Waals surface area contributed by atoms with Crippen LogP contribution in [0.15, 0.2) is 0 Å². The van der Waals surface area contributed by atoms with E-state index in [1.54, 1.807) is 0 Å². The molecule has 0 unspecified atom stereocenters. The zero-order chi connectivity index (χ0) is 22.7. The highest BCUT2D eigenvalue weighted by Crippen LogP contribution is 2.26. The lowest BCUT2D eigenvalue weighted by Crippen LogP contribution is -2.38. The van der Waals surface area contributed by atoms with Crippen molar-refractivity contribution in [2.75, 3.05) is 59.0 Å². The fraction of sp³-hybridized carbons (Fsp3) is 0.857. The molecular weight excluding hydrogens is 424 g/mol. The smallest absolute Gasteiger partial charge is 0.407 e. The minimum atomic E-state index is -0.375. The SMILES string of the molecule is CSC1CCC(NC(=O)OCCOCCOCCOCCNC(=O)CCC(C)=O)CC1. The molecule has 0 radical (unpaired) electrons. The standard InChI is InChI=1S/C21H38N2O7S/c1-17(24)3-8-20(25)22-9-10-27-11-12-28-13-14-29-15-16-30-21(26)23-18-4-6-19(31-2)7-5-18/h18-19H,3-16H2,1-2H3,(H,22,25)(H,23,26). The van der Waals surface area contributed by atoms with Gasteiger partial charge in [-0.2, -0.15) is 11.8 Å². The summed E-state index contributed by atoms with van der Waals surface area (Å²) < 4.78 is 21.2. The first-order valence-electron chi connectivity index (χ1n) is 11.0. The summed E-state index contributed by atoms with van der Waals surface area (Å²) in [5.41, 5.74) is 0. The Kier molecular flexibility index (Phi) is 16.3. The fourth-order valence-corrected chi connectivity index (χ4v) is 3.77. The minimum Gasteiger partial charge on any atom is -0.447 e. The molecule has 0 atom stereocenters. The molecule has 0 aromatic heterocycles. The van der Waals surface area contributed by atoms with Gasteiger partial charge >= 0.3 is 6.09 Å². The van der Waals surface area contributed by atoms with Crippen LogP contribution in [0.2, 0.25) is 0 Å². The van der Waals surface area contributed by atoms with Gasteiger partial charge in [-0.05, 0) is 38.9 Å². The van der Waals surface area contributed by atoms with E-state index in [9.17, 15) is 14.4 Å². The van der Waals surface area contributed by atoms with Crippen LogP contribution in [0.1, 0.15) is 45.4 Å². The second-order valence-electron chi connectivity index (χ2n) is 7.38. The van der Waals surface area contributed by atoms with Gasteiger partial charge in [0, 0.05) is 30.7 Å². The number of carbonyl (C=O) groups is 3. The van der Waals surface area contributed by atoms with Gasteiger partial charge in [0.1, 0.15) is 12.4 Å². The molecule has 10 heteroatoms. The van der Waals surface area contributed by atoms with E-state index in [2.05, 4.69) is 16.9 Å². The van der Waals surface area contributed by atoms with Crippen molar-refractivity contribution in [3.8, 4) is 0 Å². The molecule has 0 spiro atoms. The Hall–Kier alpha value is -1.36. The zero-order valence-electron chi connectivity index (χ0n) is 18.8. The van der Waals surface area contributed by atoms with Crippen molar-refractivity contribution in [3.63, 3.8) is 0 Å². The first-order chi connectivity index (χ1) is 15.0. The number of amides is 2. The van der Waals surface area contributed by atoms with Crippen molar-refractivity contribution < 1.29 is 33.3 Å². The number of Topliss-reactive ketones (excluding diaryl/α,β-unsaturated/α-hetero) is 1. The van der Waals surface area contributed by atoms with E-state index in [-0.39, 0.29) is 43.3 Å². The van der Waals surface area contributed by atoms with E-state index >= 15 is 0 Å². The number of alkyl carbamates (subject to hydrolysis) is 1. The third kappa shape index (κ3) is 16.0. The monoisotopic (exact) mass is 462 g/mol. The van der Waals surface area contributed by atoms with Crippen molar-refractivity contribution in [1.82, 2.24) is 10.6 Å². The third-order valence-electron chi connectivity index (χ3n) is 4.81. The molecule has 180 valence electrons. The number of carbonyl (C=O) groups excluding carboxylic acids is 3. The Bertz CT molecular complexity index is 514. The van der Waals surface area contributed by atoms with Crippen LogP contribution in [0.4, 0.5) is 4.79 Å². The van der Waals surface area contributed by atoms with Gasteiger partial charge in [0.05, 0.1) is 39.6 Å². The molecule has 1 aliphatic carbocycles. The molecule has 0 saturated heterocycles. The van der Waals surface area contributed by atoms with Crippen LogP contribution in [0, 0.1) is 0 Å². The van der Waals surface area contributed by atoms with Gasteiger partial charge in [-0.15, -0.1) is 0 Å². The second kappa shape index (κ2) is 18.2. The van der Waals surface area contributed by atoms with Gasteiger partial charge in [0.2, 0.25) is 5.91 Å². The largest absolute Gasteiger partial charge is 0.447 e. The fourth-order valence-electron chi connectivity index (χ4n) is 3.03. The molecule has 2 amide bonds. The molecule has 0 bridgehead atoms. The van der Waals surface area contributed by atoms with Crippen molar-refractivity contribution in [3.05, 3.63) is 0 Å². The van der Waals surface area contributed by atoms with E-state index in [1.807, 2.05) is 11.8 Å². The van der Waals surface area contributed by atoms with Crippen molar-refractivity contribution in [2.24, 2.45) is 0 Å². The molecule has 31 heavy (non-hydrogen) atoms. The van der Waals surface area contributed by atoms with Crippen LogP contribution in [0.3, 0.4) is 0 Å². The quantitative estimate of drug-likeness (QED) is 0.315. The van der Waals surface area contributed by atoms with Crippen LogP contribution < -0.4 is 10.6 Å². The minimum absolute atomic E-state index is 0.00432. The van der Waals surface area contributed by atoms with Crippen molar-refractivity contribution in [2.45, 2.75) is 56.7 Å². The summed E-state index contributed by atoms with van der Waals surface area (Å²) in [6.07, 6.45) is 6.53. The second-order valence-corrected chi connectivity index (χ2v) is 8.52. The molecule has 0 aromatic carbocycles. The molecule has 0 aliphatic heterocycles. The molecule has 2 N–H and O–H groups in total. The van der Waals surface area contributed by atoms with Crippen LogP contribution in [0.25, 0.3) is 0 Å². The number of ketones is 1. The first-order valence-corrected chi connectivity index (χ1v) is 12.3. The lowest BCUT2D eigenvalue weighted by Gasteiger charge is -2.27. The molecule has 9 nitrogen and oxygen atoms in total. The van der Waals surface area contributed by atoms with E-state index in [1.165, 1.54) is 6.92 Å². The average molecular weight is 463 g/mol. The Balaban J connectivity index is 1.80. The highest BCUT2D eigenvalue weighted by molar-refractivity contribution is 7.99. The van der Waals surface area contributed by atoms with Gasteiger partial charge in [0.25, 0.3) is 0 Å². The van der Waals surface area contributed by atoms with Crippen LogP contribution in [-0.2, 0) is 28.5 Å². The first kappa shape index (κ1) is 27.7. The third-order valence-corrected chi connectivity index (χ3v) is 5.95. The maximum atomic E-state index is 11.8. The Morgan fingerprint density at radius 2 is 1.42 bits per heavy atom. The molecule has 0 heterocycles. The van der Waals surface area contributed by atoms with Crippen molar-refractivity contribution >= 4 is 29.5 Å². The molecule has 1 saturated carbocycles. The summed E-state index contributed by atoms with van der Waals surface area (Å²) in [5.74, 6) is -0.142. The maximum Gasteiger partial charge on any atom is 0.407 e. The number of hydrogen-bond donors (Lipinski definition) is 2. The zero-order valence-corrected chi connectivity index (χ0v) is 19.6. The van der Waals surface area contributed by atoms with Crippen LogP contribution in [-0.4, -0.2) is 88.1 Å². The van der Waals surface area contributed by atoms with Gasteiger partial charge < -0.3 is 34.4 Å². The average Bonchev–Trinajstić information content (AvgIpc) is 2.76. The predicted octanol–water partition coefficient (Wildman–Crippen LogP) is 1.92. The number of hydrogen-bond acceptors (Lipinski definition) is 8. The Morgan fingerprint density at radius 1 is 0.839 bits per heavy atom. The molecule has 0 aromatic rings. The van der Waals surface area contributed by atoms with Crippen molar-refractivity contribution in [1.29, 1.82) is 0 Å². The lowest BCUT2D eigenvalue weighted by molar-refractivity contribution is -0.124. The molecule has 1 fully saturated rings. The Labute approximate surface area is 189 Å².